The molecule has 0 radical (unpaired) electrons. The van der Waals surface area contributed by atoms with Gasteiger partial charge in [-0.15, -0.1) is 0 Å². The molecule has 1 aromatic rings. The van der Waals surface area contributed by atoms with Gasteiger partial charge in [-0.1, -0.05) is 44.6 Å². The maximum Gasteiger partial charge on any atom is 0.312 e. The van der Waals surface area contributed by atoms with Gasteiger partial charge in [0.05, 0.1) is 5.92 Å². The summed E-state index contributed by atoms with van der Waals surface area (Å²) in [6, 6.07) is 6.21. The normalized spacial score (nSPS) is 24.1. The molecule has 1 saturated heterocycles. The second-order valence-electron chi connectivity index (χ2n) is 7.44. The highest BCUT2D eigenvalue weighted by molar-refractivity contribution is 5.75. The van der Waals surface area contributed by atoms with Gasteiger partial charge in [-0.3, -0.25) is 4.79 Å². The number of hydrogen-bond acceptors (Lipinski definition) is 5. The Labute approximate surface area is 155 Å². The standard InChI is InChI=1S/C21H30O5/c1-15-20(22)17(21(23)26-15)10-8-6-4-2-3-5-7-9-16-11-12-18-19(13-16)25-14-24-18/h11-13,15,17,20,22H,2-10,14H2,1H3. The lowest BCUT2D eigenvalue weighted by Gasteiger charge is -2.11. The molecular weight excluding hydrogens is 332 g/mol. The molecule has 0 bridgehead atoms. The summed E-state index contributed by atoms with van der Waals surface area (Å²) in [5.41, 5.74) is 1.31. The fraction of sp³-hybridized carbons (Fsp3) is 0.667. The van der Waals surface area contributed by atoms with Gasteiger partial charge in [-0.25, -0.2) is 0 Å². The van der Waals surface area contributed by atoms with Gasteiger partial charge in [0.1, 0.15) is 12.2 Å². The third-order valence-electron chi connectivity index (χ3n) is 5.42. The van der Waals surface area contributed by atoms with E-state index in [1.54, 1.807) is 6.92 Å². The summed E-state index contributed by atoms with van der Waals surface area (Å²) in [6.45, 7) is 2.09. The molecule has 5 heteroatoms. The fourth-order valence-corrected chi connectivity index (χ4v) is 3.77. The van der Waals surface area contributed by atoms with Crippen molar-refractivity contribution in [3.05, 3.63) is 23.8 Å². The minimum absolute atomic E-state index is 0.228. The van der Waals surface area contributed by atoms with E-state index in [0.717, 1.165) is 37.2 Å². The summed E-state index contributed by atoms with van der Waals surface area (Å²) in [5.74, 6) is 1.18. The van der Waals surface area contributed by atoms with E-state index in [1.165, 1.54) is 37.7 Å². The Morgan fingerprint density at radius 2 is 1.69 bits per heavy atom. The van der Waals surface area contributed by atoms with Crippen LogP contribution < -0.4 is 9.47 Å². The van der Waals surface area contributed by atoms with E-state index in [2.05, 4.69) is 12.1 Å². The average Bonchev–Trinajstić information content (AvgIpc) is 3.19. The van der Waals surface area contributed by atoms with Crippen LogP contribution in [0.15, 0.2) is 18.2 Å². The van der Waals surface area contributed by atoms with E-state index < -0.39 is 6.10 Å². The Morgan fingerprint density at radius 1 is 1.00 bits per heavy atom. The van der Waals surface area contributed by atoms with Crippen molar-refractivity contribution >= 4 is 5.97 Å². The maximum absolute atomic E-state index is 11.6. The summed E-state index contributed by atoms with van der Waals surface area (Å²) in [6.07, 6.45) is 9.05. The van der Waals surface area contributed by atoms with Gasteiger partial charge in [-0.2, -0.15) is 0 Å². The molecule has 3 atom stereocenters. The molecule has 0 aromatic heterocycles. The zero-order valence-corrected chi connectivity index (χ0v) is 15.6. The highest BCUT2D eigenvalue weighted by Gasteiger charge is 2.40. The summed E-state index contributed by atoms with van der Waals surface area (Å²) >= 11 is 0. The van der Waals surface area contributed by atoms with Gasteiger partial charge in [-0.05, 0) is 43.9 Å². The first-order chi connectivity index (χ1) is 12.6. The second kappa shape index (κ2) is 9.26. The molecule has 1 N–H and O–H groups in total. The third kappa shape index (κ3) is 4.91. The first kappa shape index (κ1) is 19.0. The first-order valence-electron chi connectivity index (χ1n) is 9.92. The van der Waals surface area contributed by atoms with Gasteiger partial charge >= 0.3 is 5.97 Å². The van der Waals surface area contributed by atoms with Crippen molar-refractivity contribution in [2.24, 2.45) is 5.92 Å². The minimum atomic E-state index is -0.626. The molecule has 5 nitrogen and oxygen atoms in total. The molecule has 1 aromatic carbocycles. The van der Waals surface area contributed by atoms with Crippen LogP contribution in [0, 0.1) is 5.92 Å². The van der Waals surface area contributed by atoms with Crippen LogP contribution in [0.3, 0.4) is 0 Å². The number of carbonyl (C=O) groups is 1. The number of aliphatic hydroxyl groups excluding tert-OH is 1. The van der Waals surface area contributed by atoms with E-state index in [1.807, 2.05) is 6.07 Å². The highest BCUT2D eigenvalue weighted by Crippen LogP contribution is 2.33. The van der Waals surface area contributed by atoms with Crippen molar-refractivity contribution in [2.75, 3.05) is 6.79 Å². The van der Waals surface area contributed by atoms with Crippen molar-refractivity contribution in [1.82, 2.24) is 0 Å². The molecule has 0 saturated carbocycles. The van der Waals surface area contributed by atoms with Crippen LogP contribution in [-0.2, 0) is 16.0 Å². The average molecular weight is 362 g/mol. The van der Waals surface area contributed by atoms with E-state index in [-0.39, 0.29) is 18.0 Å². The SMILES string of the molecule is CC1OC(=O)C(CCCCCCCCCc2ccc3c(c2)OCO3)C1O. The first-order valence-corrected chi connectivity index (χ1v) is 9.92. The molecule has 2 aliphatic rings. The Morgan fingerprint density at radius 3 is 2.42 bits per heavy atom. The fourth-order valence-electron chi connectivity index (χ4n) is 3.77. The van der Waals surface area contributed by atoms with Crippen molar-refractivity contribution in [3.63, 3.8) is 0 Å². The van der Waals surface area contributed by atoms with E-state index >= 15 is 0 Å². The molecule has 26 heavy (non-hydrogen) atoms. The molecule has 2 heterocycles. The molecule has 1 fully saturated rings. The maximum atomic E-state index is 11.6. The van der Waals surface area contributed by atoms with Crippen LogP contribution >= 0.6 is 0 Å². The highest BCUT2D eigenvalue weighted by atomic mass is 16.7. The Bertz CT molecular complexity index is 600. The van der Waals surface area contributed by atoms with Gasteiger partial charge < -0.3 is 19.3 Å². The predicted octanol–water partition coefficient (Wildman–Crippen LogP) is 4.00. The minimum Gasteiger partial charge on any atom is -0.460 e. The Kier molecular flexibility index (Phi) is 6.78. The summed E-state index contributed by atoms with van der Waals surface area (Å²) in [7, 11) is 0. The Hall–Kier alpha value is -1.75. The monoisotopic (exact) mass is 362 g/mol. The number of ether oxygens (including phenoxy) is 3. The van der Waals surface area contributed by atoms with E-state index in [9.17, 15) is 9.90 Å². The number of benzene rings is 1. The van der Waals surface area contributed by atoms with Crippen LogP contribution in [0.25, 0.3) is 0 Å². The predicted molar refractivity (Wildman–Crippen MR) is 98.3 cm³/mol. The van der Waals surface area contributed by atoms with Gasteiger partial charge in [0, 0.05) is 0 Å². The number of cyclic esters (lactones) is 1. The molecule has 144 valence electrons. The molecule has 2 aliphatic heterocycles. The van der Waals surface area contributed by atoms with Crippen LogP contribution in [0.2, 0.25) is 0 Å². The number of rotatable bonds is 10. The molecule has 3 unspecified atom stereocenters. The second-order valence-corrected chi connectivity index (χ2v) is 7.44. The summed E-state index contributed by atoms with van der Waals surface area (Å²) in [4.78, 5) is 11.6. The number of aliphatic hydroxyl groups is 1. The van der Waals surface area contributed by atoms with Crippen LogP contribution in [0.1, 0.15) is 63.9 Å². The topological polar surface area (TPSA) is 65.0 Å². The summed E-state index contributed by atoms with van der Waals surface area (Å²) in [5, 5.41) is 9.91. The number of carbonyl (C=O) groups excluding carboxylic acids is 1. The number of esters is 1. The van der Waals surface area contributed by atoms with Crippen molar-refractivity contribution in [2.45, 2.75) is 76.9 Å². The molecule has 0 spiro atoms. The van der Waals surface area contributed by atoms with Crippen molar-refractivity contribution in [3.8, 4) is 11.5 Å². The number of aryl methyl sites for hydroxylation is 1. The molecular formula is C21H30O5. The lowest BCUT2D eigenvalue weighted by molar-refractivity contribution is -0.143. The lowest BCUT2D eigenvalue weighted by atomic mass is 9.95. The van der Waals surface area contributed by atoms with E-state index in [0.29, 0.717) is 6.79 Å². The van der Waals surface area contributed by atoms with Crippen LogP contribution in [0.4, 0.5) is 0 Å². The number of unbranched alkanes of at least 4 members (excludes halogenated alkanes) is 6. The van der Waals surface area contributed by atoms with Crippen LogP contribution in [0.5, 0.6) is 11.5 Å². The quantitative estimate of drug-likeness (QED) is 0.503. The van der Waals surface area contributed by atoms with E-state index in [4.69, 9.17) is 14.2 Å². The Balaban J connectivity index is 1.19. The molecule has 0 aliphatic carbocycles. The van der Waals surface area contributed by atoms with Gasteiger partial charge in [0.2, 0.25) is 6.79 Å². The van der Waals surface area contributed by atoms with Gasteiger partial charge in [0.15, 0.2) is 11.5 Å². The van der Waals surface area contributed by atoms with Gasteiger partial charge in [0.25, 0.3) is 0 Å². The number of hydrogen-bond donors (Lipinski definition) is 1. The van der Waals surface area contributed by atoms with Crippen molar-refractivity contribution in [1.29, 1.82) is 0 Å². The molecule has 3 rings (SSSR count). The largest absolute Gasteiger partial charge is 0.460 e. The van der Waals surface area contributed by atoms with Crippen molar-refractivity contribution < 1.29 is 24.1 Å². The van der Waals surface area contributed by atoms with Crippen LogP contribution in [-0.4, -0.2) is 30.1 Å². The molecule has 0 amide bonds. The lowest BCUT2D eigenvalue weighted by Crippen LogP contribution is -2.24. The number of fused-ring (bicyclic) bond motifs is 1. The smallest absolute Gasteiger partial charge is 0.312 e. The third-order valence-corrected chi connectivity index (χ3v) is 5.42. The zero-order valence-electron chi connectivity index (χ0n) is 15.6. The summed E-state index contributed by atoms with van der Waals surface area (Å²) < 4.78 is 15.8. The zero-order chi connectivity index (χ0) is 18.4.